The second kappa shape index (κ2) is 7.91. The van der Waals surface area contributed by atoms with Crippen LogP contribution in [-0.4, -0.2) is 73.5 Å². The van der Waals surface area contributed by atoms with Crippen molar-refractivity contribution in [1.82, 2.24) is 29.9 Å². The van der Waals surface area contributed by atoms with Crippen molar-refractivity contribution in [2.24, 2.45) is 0 Å². The number of aromatic amines is 1. The van der Waals surface area contributed by atoms with E-state index in [1.54, 1.807) is 0 Å². The average molecular weight is 484 g/mol. The molecule has 0 radical (unpaired) electrons. The number of carbonyl (C=O) groups is 2. The van der Waals surface area contributed by atoms with Crippen LogP contribution in [0.3, 0.4) is 0 Å². The largest absolute Gasteiger partial charge is 0.321 e. The van der Waals surface area contributed by atoms with Crippen molar-refractivity contribution in [3.05, 3.63) is 25.8 Å². The summed E-state index contributed by atoms with van der Waals surface area (Å²) in [6, 6.07) is 0.513. The van der Waals surface area contributed by atoms with Crippen molar-refractivity contribution >= 4 is 52.3 Å². The van der Waals surface area contributed by atoms with Gasteiger partial charge in [0, 0.05) is 30.7 Å². The molecule has 2 fully saturated rings. The Hall–Kier alpha value is -1.88. The first-order chi connectivity index (χ1) is 14.8. The monoisotopic (exact) mass is 483 g/mol. The van der Waals surface area contributed by atoms with E-state index in [4.69, 9.17) is 23.2 Å². The summed E-state index contributed by atoms with van der Waals surface area (Å²) in [7, 11) is 0. The maximum Gasteiger partial charge on any atom is 0.321 e. The Morgan fingerprint density at radius 1 is 1.23 bits per heavy atom. The fraction of sp³-hybridized carbons (Fsp3) is 0.579. The summed E-state index contributed by atoms with van der Waals surface area (Å²) in [5.74, 6) is -0.0326. The Labute approximate surface area is 193 Å². The third-order valence-electron chi connectivity index (χ3n) is 6.52. The molecule has 31 heavy (non-hydrogen) atoms. The van der Waals surface area contributed by atoms with Gasteiger partial charge in [0.05, 0.1) is 18.3 Å². The number of urea groups is 1. The number of anilines is 1. The fourth-order valence-corrected chi connectivity index (χ4v) is 5.94. The summed E-state index contributed by atoms with van der Waals surface area (Å²) in [5, 5.41) is 10.3. The first kappa shape index (κ1) is 21.0. The smallest absolute Gasteiger partial charge is 0.319 e. The summed E-state index contributed by atoms with van der Waals surface area (Å²) < 4.78 is 0.265. The van der Waals surface area contributed by atoms with Gasteiger partial charge in [0.25, 0.3) is 5.91 Å². The molecule has 0 spiro atoms. The minimum absolute atomic E-state index is 0.0342. The molecule has 3 unspecified atom stereocenters. The van der Waals surface area contributed by atoms with Crippen molar-refractivity contribution < 1.29 is 9.59 Å². The fourth-order valence-electron chi connectivity index (χ4n) is 4.84. The molecular formula is C19H23Cl2N7O2S. The second-order valence-corrected chi connectivity index (χ2v) is 10.3. The Bertz CT molecular complexity index is 1020. The number of nitrogens with zero attached hydrogens (tertiary/aromatic N) is 5. The molecule has 5 heterocycles. The molecule has 0 bridgehead atoms. The van der Waals surface area contributed by atoms with E-state index in [9.17, 15) is 9.59 Å². The van der Waals surface area contributed by atoms with E-state index in [0.29, 0.717) is 18.4 Å². The molecular weight excluding hydrogens is 461 g/mol. The predicted octanol–water partition coefficient (Wildman–Crippen LogP) is 3.59. The minimum atomic E-state index is -0.434. The number of thiazole rings is 1. The zero-order valence-corrected chi connectivity index (χ0v) is 19.5. The highest BCUT2D eigenvalue weighted by molar-refractivity contribution is 7.18. The number of fused-ring (bicyclic) bond motifs is 2. The molecule has 0 aliphatic carbocycles. The number of piperazine rings is 1. The van der Waals surface area contributed by atoms with Gasteiger partial charge in [-0.1, -0.05) is 34.5 Å². The highest BCUT2D eigenvalue weighted by atomic mass is 35.5. The number of halogens is 2. The van der Waals surface area contributed by atoms with Crippen LogP contribution in [-0.2, 0) is 6.54 Å². The number of rotatable bonds is 2. The minimum Gasteiger partial charge on any atom is -0.319 e. The third-order valence-corrected chi connectivity index (χ3v) is 8.25. The lowest BCUT2D eigenvalue weighted by atomic mass is 10.1. The summed E-state index contributed by atoms with van der Waals surface area (Å²) in [4.78, 5) is 36.3. The van der Waals surface area contributed by atoms with Crippen molar-refractivity contribution in [3.63, 3.8) is 0 Å². The molecule has 0 saturated carbocycles. The van der Waals surface area contributed by atoms with E-state index < -0.39 is 5.91 Å². The van der Waals surface area contributed by atoms with Crippen LogP contribution in [0.5, 0.6) is 0 Å². The van der Waals surface area contributed by atoms with Crippen LogP contribution in [0.25, 0.3) is 0 Å². The zero-order chi connectivity index (χ0) is 21.9. The van der Waals surface area contributed by atoms with Crippen molar-refractivity contribution in [1.29, 1.82) is 0 Å². The quantitative estimate of drug-likeness (QED) is 0.679. The number of nitrogens with one attached hydrogen (secondary N) is 2. The normalized spacial score (nSPS) is 25.6. The highest BCUT2D eigenvalue weighted by Gasteiger charge is 2.42. The maximum absolute atomic E-state index is 13.4. The van der Waals surface area contributed by atoms with Gasteiger partial charge in [-0.15, -0.1) is 0 Å². The number of aromatic nitrogens is 3. The van der Waals surface area contributed by atoms with E-state index in [1.165, 1.54) is 6.42 Å². The number of H-pyrrole nitrogens is 1. The van der Waals surface area contributed by atoms with E-state index in [0.717, 1.165) is 48.6 Å². The van der Waals surface area contributed by atoms with Gasteiger partial charge in [-0.3, -0.25) is 14.8 Å². The highest BCUT2D eigenvalue weighted by Crippen LogP contribution is 2.38. The van der Waals surface area contributed by atoms with Gasteiger partial charge < -0.3 is 15.1 Å². The van der Waals surface area contributed by atoms with Crippen LogP contribution < -0.4 is 5.32 Å². The molecule has 3 aliphatic rings. The molecule has 9 nitrogen and oxygen atoms in total. The lowest BCUT2D eigenvalue weighted by molar-refractivity contribution is 0.0580. The maximum atomic E-state index is 13.4. The first-order valence-corrected chi connectivity index (χ1v) is 11.9. The predicted molar refractivity (Wildman–Crippen MR) is 119 cm³/mol. The number of amides is 3. The summed E-state index contributed by atoms with van der Waals surface area (Å²) in [5.41, 5.74) is 1.65. The molecule has 3 aliphatic heterocycles. The first-order valence-electron chi connectivity index (χ1n) is 10.3. The Kier molecular flexibility index (Phi) is 5.36. The zero-order valence-electron chi connectivity index (χ0n) is 17.2. The summed E-state index contributed by atoms with van der Waals surface area (Å²) in [6.45, 7) is 7.30. The molecule has 3 atom stereocenters. The molecule has 2 saturated heterocycles. The van der Waals surface area contributed by atoms with E-state index in [-0.39, 0.29) is 32.6 Å². The summed E-state index contributed by atoms with van der Waals surface area (Å²) >= 11 is 12.8. The number of hydrogen-bond donors (Lipinski definition) is 2. The molecule has 166 valence electrons. The van der Waals surface area contributed by atoms with Gasteiger partial charge in [0.2, 0.25) is 0 Å². The third kappa shape index (κ3) is 3.59. The van der Waals surface area contributed by atoms with Gasteiger partial charge >= 0.3 is 6.03 Å². The lowest BCUT2D eigenvalue weighted by Crippen LogP contribution is -2.59. The molecule has 5 rings (SSSR count). The lowest BCUT2D eigenvalue weighted by Gasteiger charge is -2.44. The van der Waals surface area contributed by atoms with Crippen LogP contribution >= 0.6 is 34.5 Å². The van der Waals surface area contributed by atoms with Crippen molar-refractivity contribution in [2.75, 3.05) is 25.0 Å². The molecule has 12 heteroatoms. The SMILES string of the molecule is CC1CN2CCCC2CN1C(=O)N1Cc2c(NC(=O)c3nc(Cl)c(Cl)s3)n[nH]c2C1C. The van der Waals surface area contributed by atoms with Gasteiger partial charge in [0.15, 0.2) is 16.0 Å². The van der Waals surface area contributed by atoms with Crippen LogP contribution in [0.2, 0.25) is 9.49 Å². The molecule has 0 aromatic carbocycles. The van der Waals surface area contributed by atoms with Crippen LogP contribution in [0.15, 0.2) is 0 Å². The number of carbonyl (C=O) groups excluding carboxylic acids is 2. The van der Waals surface area contributed by atoms with E-state index in [2.05, 4.69) is 32.3 Å². The van der Waals surface area contributed by atoms with Gasteiger partial charge in [-0.05, 0) is 33.2 Å². The topological polar surface area (TPSA) is 97.5 Å². The van der Waals surface area contributed by atoms with Gasteiger partial charge in [-0.2, -0.15) is 5.10 Å². The molecule has 2 aromatic heterocycles. The van der Waals surface area contributed by atoms with Gasteiger partial charge in [-0.25, -0.2) is 9.78 Å². The Morgan fingerprint density at radius 2 is 2.03 bits per heavy atom. The van der Waals surface area contributed by atoms with E-state index >= 15 is 0 Å². The Morgan fingerprint density at radius 3 is 2.77 bits per heavy atom. The van der Waals surface area contributed by atoms with Gasteiger partial charge in [0.1, 0.15) is 4.34 Å². The van der Waals surface area contributed by atoms with Crippen molar-refractivity contribution in [3.8, 4) is 0 Å². The Balaban J connectivity index is 1.31. The standard InChI is InChI=1S/C19H23Cl2N7O2S/c1-9-6-26-5-3-4-11(26)7-27(9)19(30)28-8-12-13(10(28)2)24-25-16(12)23-17(29)18-22-14(20)15(21)31-18/h9-11H,3-8H2,1-2H3,(H2,23,24,25,29). The van der Waals surface area contributed by atoms with Crippen LogP contribution in [0.4, 0.5) is 10.6 Å². The van der Waals surface area contributed by atoms with Crippen LogP contribution in [0, 0.1) is 0 Å². The number of hydrogen-bond acceptors (Lipinski definition) is 6. The van der Waals surface area contributed by atoms with Crippen molar-refractivity contribution in [2.45, 2.75) is 51.4 Å². The average Bonchev–Trinajstić information content (AvgIpc) is 3.48. The summed E-state index contributed by atoms with van der Waals surface area (Å²) in [6.07, 6.45) is 2.35. The van der Waals surface area contributed by atoms with Crippen LogP contribution in [0.1, 0.15) is 53.8 Å². The molecule has 3 amide bonds. The second-order valence-electron chi connectivity index (χ2n) is 8.38. The van der Waals surface area contributed by atoms with E-state index in [1.807, 2.05) is 16.7 Å². The molecule has 2 N–H and O–H groups in total. The molecule has 2 aromatic rings.